The van der Waals surface area contributed by atoms with E-state index in [1.807, 2.05) is 55.0 Å². The second kappa shape index (κ2) is 11.3. The minimum Gasteiger partial charge on any atom is -0.748 e. The van der Waals surface area contributed by atoms with Gasteiger partial charge in [0, 0.05) is 40.6 Å². The Kier molecular flexibility index (Phi) is 8.67. The van der Waals surface area contributed by atoms with Crippen molar-refractivity contribution in [2.24, 2.45) is 11.3 Å². The molecule has 1 heterocycles. The number of nitrogens with one attached hydrogen (secondary N) is 1. The maximum Gasteiger partial charge on any atom is 0.294 e. The fraction of sp³-hybridized carbons (Fsp3) is 0.269. The molecule has 1 unspecified atom stereocenters. The monoisotopic (exact) mass is 530 g/mol. The van der Waals surface area contributed by atoms with E-state index in [2.05, 4.69) is 5.32 Å². The molecule has 1 atom stereocenters. The topological polar surface area (TPSA) is 127 Å². The van der Waals surface area contributed by atoms with Gasteiger partial charge in [-0.2, -0.15) is 8.42 Å². The van der Waals surface area contributed by atoms with Crippen LogP contribution in [0.2, 0.25) is 0 Å². The number of rotatable bonds is 11. The molecule has 1 aliphatic heterocycles. The van der Waals surface area contributed by atoms with Crippen LogP contribution in [0.1, 0.15) is 19.4 Å². The fourth-order valence-corrected chi connectivity index (χ4v) is 5.53. The molecule has 0 spiro atoms. The van der Waals surface area contributed by atoms with E-state index in [0.717, 1.165) is 16.9 Å². The highest BCUT2D eigenvalue weighted by molar-refractivity contribution is 7.86. The van der Waals surface area contributed by atoms with Crippen molar-refractivity contribution in [2.75, 3.05) is 17.6 Å². The van der Waals surface area contributed by atoms with Crippen LogP contribution in [0, 0.1) is 11.3 Å². The van der Waals surface area contributed by atoms with Gasteiger partial charge in [-0.05, 0) is 30.3 Å². The van der Waals surface area contributed by atoms with Crippen molar-refractivity contribution in [1.82, 2.24) is 0 Å². The highest BCUT2D eigenvalue weighted by Gasteiger charge is 2.36. The lowest BCUT2D eigenvalue weighted by Gasteiger charge is -2.30. The molecule has 0 saturated carbocycles. The smallest absolute Gasteiger partial charge is 0.294 e. The largest absolute Gasteiger partial charge is 0.748 e. The SMILES string of the molecule is CC(C)(C[N+]1=CCc2cc(S(=O)(=O)O)ccc21)C(C=CC=CC=CNc1ccccc1)CS(=O)(=O)[O-]. The number of anilines is 1. The van der Waals surface area contributed by atoms with E-state index < -0.39 is 37.3 Å². The van der Waals surface area contributed by atoms with Gasteiger partial charge in [-0.25, -0.2) is 13.0 Å². The van der Waals surface area contributed by atoms with Crippen molar-refractivity contribution in [3.05, 3.63) is 90.7 Å². The lowest BCUT2D eigenvalue weighted by Crippen LogP contribution is -2.35. The summed E-state index contributed by atoms with van der Waals surface area (Å²) < 4.78 is 69.0. The summed E-state index contributed by atoms with van der Waals surface area (Å²) >= 11 is 0. The van der Waals surface area contributed by atoms with Crippen molar-refractivity contribution in [3.8, 4) is 0 Å². The van der Waals surface area contributed by atoms with Crippen LogP contribution in [-0.4, -0.2) is 49.0 Å². The summed E-state index contributed by atoms with van der Waals surface area (Å²) in [6.07, 6.45) is 12.9. The molecule has 3 rings (SSSR count). The Morgan fingerprint density at radius 1 is 1.06 bits per heavy atom. The fourth-order valence-electron chi connectivity index (χ4n) is 4.00. The molecule has 2 aromatic carbocycles. The van der Waals surface area contributed by atoms with Crippen LogP contribution in [0.25, 0.3) is 0 Å². The normalized spacial score (nSPS) is 15.5. The van der Waals surface area contributed by atoms with Gasteiger partial charge in [0.15, 0.2) is 6.54 Å². The first-order chi connectivity index (χ1) is 16.9. The summed E-state index contributed by atoms with van der Waals surface area (Å²) in [5, 5.41) is 3.13. The van der Waals surface area contributed by atoms with E-state index in [0.29, 0.717) is 13.0 Å². The summed E-state index contributed by atoms with van der Waals surface area (Å²) in [7, 11) is -8.78. The molecular formula is C26H30N2O6S2. The number of hydrogen-bond donors (Lipinski definition) is 2. The van der Waals surface area contributed by atoms with Crippen LogP contribution in [0.5, 0.6) is 0 Å². The first kappa shape index (κ1) is 27.5. The number of nitrogens with zero attached hydrogens (tertiary/aromatic N) is 1. The number of para-hydroxylation sites is 1. The van der Waals surface area contributed by atoms with E-state index in [1.165, 1.54) is 12.1 Å². The summed E-state index contributed by atoms with van der Waals surface area (Å²) in [6.45, 7) is 4.18. The molecule has 0 saturated heterocycles. The Morgan fingerprint density at radius 2 is 1.75 bits per heavy atom. The summed E-state index contributed by atoms with van der Waals surface area (Å²) in [5.41, 5.74) is 1.85. The van der Waals surface area contributed by atoms with E-state index in [-0.39, 0.29) is 4.90 Å². The average Bonchev–Trinajstić information content (AvgIpc) is 3.18. The van der Waals surface area contributed by atoms with Crippen molar-refractivity contribution in [1.29, 1.82) is 0 Å². The average molecular weight is 531 g/mol. The Labute approximate surface area is 212 Å². The second-order valence-electron chi connectivity index (χ2n) is 9.24. The third-order valence-electron chi connectivity index (χ3n) is 5.95. The Hall–Kier alpha value is -3.05. The molecule has 192 valence electrons. The molecular weight excluding hydrogens is 500 g/mol. The van der Waals surface area contributed by atoms with E-state index in [4.69, 9.17) is 0 Å². The number of fused-ring (bicyclic) bond motifs is 1. The van der Waals surface area contributed by atoms with Gasteiger partial charge in [-0.3, -0.25) is 4.55 Å². The van der Waals surface area contributed by atoms with Crippen molar-refractivity contribution < 1.29 is 30.5 Å². The molecule has 2 aromatic rings. The number of allylic oxidation sites excluding steroid dienone is 5. The highest BCUT2D eigenvalue weighted by Crippen LogP contribution is 2.34. The van der Waals surface area contributed by atoms with Crippen LogP contribution in [0.15, 0.2) is 90.0 Å². The van der Waals surface area contributed by atoms with Gasteiger partial charge >= 0.3 is 0 Å². The molecule has 0 fully saturated rings. The molecule has 0 aliphatic carbocycles. The highest BCUT2D eigenvalue weighted by atomic mass is 32.2. The Morgan fingerprint density at radius 3 is 2.42 bits per heavy atom. The minimum absolute atomic E-state index is 0.172. The van der Waals surface area contributed by atoms with Gasteiger partial charge in [0.05, 0.1) is 21.4 Å². The molecule has 0 bridgehead atoms. The van der Waals surface area contributed by atoms with Gasteiger partial charge in [0.25, 0.3) is 10.1 Å². The molecule has 0 radical (unpaired) electrons. The lowest BCUT2D eigenvalue weighted by atomic mass is 9.79. The standard InChI is InChI=1S/C26H30N2O6S2/c1-26(2,20-28-17-15-21-18-24(36(32,33)34)13-14-25(21)28)22(19-35(29,30)31)10-6-3-4-9-16-27-23-11-7-5-8-12-23/h3-14,16-18,22,27H,15,19-20H2,1-2H3,(H-,29,30,31,32,33,34). The zero-order valence-corrected chi connectivity index (χ0v) is 21.7. The molecule has 10 heteroatoms. The predicted molar refractivity (Wildman–Crippen MR) is 140 cm³/mol. The maximum atomic E-state index is 11.6. The van der Waals surface area contributed by atoms with Crippen molar-refractivity contribution in [2.45, 2.75) is 25.2 Å². The quantitative estimate of drug-likeness (QED) is 0.254. The lowest BCUT2D eigenvalue weighted by molar-refractivity contribution is -0.452. The molecule has 2 N–H and O–H groups in total. The third kappa shape index (κ3) is 7.99. The number of hydrogen-bond acceptors (Lipinski definition) is 6. The number of benzene rings is 2. The second-order valence-corrected chi connectivity index (χ2v) is 12.1. The molecule has 36 heavy (non-hydrogen) atoms. The van der Waals surface area contributed by atoms with Crippen LogP contribution >= 0.6 is 0 Å². The van der Waals surface area contributed by atoms with E-state index in [1.54, 1.807) is 42.6 Å². The predicted octanol–water partition coefficient (Wildman–Crippen LogP) is 4.13. The van der Waals surface area contributed by atoms with Crippen LogP contribution in [-0.2, 0) is 26.7 Å². The van der Waals surface area contributed by atoms with Crippen molar-refractivity contribution >= 4 is 37.8 Å². The van der Waals surface area contributed by atoms with Gasteiger partial charge in [-0.15, -0.1) is 0 Å². The molecule has 8 nitrogen and oxygen atoms in total. The summed E-state index contributed by atoms with van der Waals surface area (Å²) in [6, 6.07) is 14.0. The molecule has 1 aliphatic rings. The van der Waals surface area contributed by atoms with Crippen LogP contribution in [0.3, 0.4) is 0 Å². The summed E-state index contributed by atoms with van der Waals surface area (Å²) in [5.74, 6) is -1.11. The van der Waals surface area contributed by atoms with Gasteiger partial charge in [-0.1, -0.05) is 56.4 Å². The first-order valence-corrected chi connectivity index (χ1v) is 14.3. The zero-order valence-electron chi connectivity index (χ0n) is 20.1. The minimum atomic E-state index is -4.48. The van der Waals surface area contributed by atoms with Crippen LogP contribution in [0.4, 0.5) is 11.4 Å². The van der Waals surface area contributed by atoms with E-state index >= 15 is 0 Å². The van der Waals surface area contributed by atoms with Gasteiger partial charge in [0.1, 0.15) is 6.21 Å². The zero-order chi connectivity index (χ0) is 26.4. The Balaban J connectivity index is 1.71. The third-order valence-corrected chi connectivity index (χ3v) is 7.57. The van der Waals surface area contributed by atoms with E-state index in [9.17, 15) is 25.9 Å². The molecule has 0 aromatic heterocycles. The summed E-state index contributed by atoms with van der Waals surface area (Å²) in [4.78, 5) is -0.172. The Bertz CT molecular complexity index is 1410. The first-order valence-electron chi connectivity index (χ1n) is 11.3. The van der Waals surface area contributed by atoms with Gasteiger partial charge in [0.2, 0.25) is 5.69 Å². The van der Waals surface area contributed by atoms with Crippen LogP contribution < -0.4 is 5.32 Å². The maximum absolute atomic E-state index is 11.6. The molecule has 0 amide bonds. The van der Waals surface area contributed by atoms with Crippen molar-refractivity contribution in [3.63, 3.8) is 0 Å². The van der Waals surface area contributed by atoms with Gasteiger partial charge < -0.3 is 9.87 Å².